The minimum atomic E-state index is -0.368. The van der Waals surface area contributed by atoms with Gasteiger partial charge in [0.05, 0.1) is 12.7 Å². The Morgan fingerprint density at radius 3 is 3.00 bits per heavy atom. The van der Waals surface area contributed by atoms with Crippen LogP contribution in [-0.2, 0) is 9.59 Å². The van der Waals surface area contributed by atoms with Crippen molar-refractivity contribution in [3.63, 3.8) is 0 Å². The molecule has 2 aliphatic rings. The minimum Gasteiger partial charge on any atom is -0.471 e. The molecule has 0 bridgehead atoms. The van der Waals surface area contributed by atoms with Gasteiger partial charge in [0.25, 0.3) is 0 Å². The maximum absolute atomic E-state index is 12.4. The first kappa shape index (κ1) is 13.8. The molecule has 2 fully saturated rings. The molecule has 0 aliphatic carbocycles. The van der Waals surface area contributed by atoms with E-state index >= 15 is 0 Å². The lowest BCUT2D eigenvalue weighted by atomic mass is 10.1. The number of nitrogens with zero attached hydrogens (tertiary/aromatic N) is 3. The molecule has 2 atom stereocenters. The van der Waals surface area contributed by atoms with E-state index in [9.17, 15) is 9.59 Å². The highest BCUT2D eigenvalue weighted by Crippen LogP contribution is 2.18. The number of aromatic nitrogens is 2. The van der Waals surface area contributed by atoms with Crippen molar-refractivity contribution in [2.24, 2.45) is 0 Å². The Morgan fingerprint density at radius 2 is 2.29 bits per heavy atom. The molecule has 1 aromatic heterocycles. The zero-order chi connectivity index (χ0) is 14.7. The fourth-order valence-corrected chi connectivity index (χ4v) is 2.77. The molecular weight excluding hydrogens is 272 g/mol. The van der Waals surface area contributed by atoms with Crippen LogP contribution in [0.25, 0.3) is 0 Å². The first-order valence-corrected chi connectivity index (χ1v) is 7.23. The summed E-state index contributed by atoms with van der Waals surface area (Å²) in [4.78, 5) is 33.4. The Balaban J connectivity index is 1.58. The smallest absolute Gasteiger partial charge is 0.245 e. The van der Waals surface area contributed by atoms with Crippen molar-refractivity contribution >= 4 is 11.8 Å². The van der Waals surface area contributed by atoms with Crippen LogP contribution in [0.3, 0.4) is 0 Å². The number of ether oxygens (including phenoxy) is 1. The van der Waals surface area contributed by atoms with E-state index in [-0.39, 0.29) is 24.0 Å². The summed E-state index contributed by atoms with van der Waals surface area (Å²) in [5.41, 5.74) is 0. The lowest BCUT2D eigenvalue weighted by Crippen LogP contribution is -2.50. The molecule has 3 rings (SSSR count). The van der Waals surface area contributed by atoms with Crippen molar-refractivity contribution in [2.75, 3.05) is 13.1 Å². The van der Waals surface area contributed by atoms with Gasteiger partial charge in [0.2, 0.25) is 17.7 Å². The van der Waals surface area contributed by atoms with Crippen molar-refractivity contribution in [3.8, 4) is 5.88 Å². The predicted octanol–water partition coefficient (Wildman–Crippen LogP) is 0.125. The number of piperidine rings is 1. The summed E-state index contributed by atoms with van der Waals surface area (Å²) in [6.45, 7) is 1.24. The molecular formula is C14H18N4O3. The third-order valence-corrected chi connectivity index (χ3v) is 3.81. The van der Waals surface area contributed by atoms with Gasteiger partial charge >= 0.3 is 0 Å². The van der Waals surface area contributed by atoms with E-state index in [1.807, 2.05) is 0 Å². The Bertz CT molecular complexity index is 522. The molecule has 112 valence electrons. The average Bonchev–Trinajstić information content (AvgIpc) is 2.94. The molecule has 2 amide bonds. The van der Waals surface area contributed by atoms with Crippen LogP contribution in [0.15, 0.2) is 18.6 Å². The number of amides is 2. The summed E-state index contributed by atoms with van der Waals surface area (Å²) in [5, 5.41) is 2.72. The summed E-state index contributed by atoms with van der Waals surface area (Å²) in [6.07, 6.45) is 7.46. The summed E-state index contributed by atoms with van der Waals surface area (Å²) in [7, 11) is 0. The standard InChI is InChI=1S/C14H18N4O3/c19-12-4-3-11(17-12)14(20)18-7-1-2-10(9-18)21-13-8-15-5-6-16-13/h5-6,8,10-11H,1-4,7,9H2,(H,17,19)/t10-,11-/m0/s1. The van der Waals surface area contributed by atoms with E-state index in [2.05, 4.69) is 15.3 Å². The zero-order valence-electron chi connectivity index (χ0n) is 11.7. The van der Waals surface area contributed by atoms with Gasteiger partial charge < -0.3 is 15.0 Å². The molecule has 0 aromatic carbocycles. The molecule has 2 aliphatic heterocycles. The summed E-state index contributed by atoms with van der Waals surface area (Å²) in [5.74, 6) is 0.428. The first-order chi connectivity index (χ1) is 10.2. The predicted molar refractivity (Wildman–Crippen MR) is 73.4 cm³/mol. The van der Waals surface area contributed by atoms with Crippen LogP contribution in [0.5, 0.6) is 5.88 Å². The summed E-state index contributed by atoms with van der Waals surface area (Å²) < 4.78 is 5.76. The maximum Gasteiger partial charge on any atom is 0.245 e. The molecule has 7 nitrogen and oxygen atoms in total. The van der Waals surface area contributed by atoms with E-state index in [0.29, 0.717) is 31.8 Å². The van der Waals surface area contributed by atoms with Crippen molar-refractivity contribution in [1.29, 1.82) is 0 Å². The number of hydrogen-bond donors (Lipinski definition) is 1. The molecule has 7 heteroatoms. The van der Waals surface area contributed by atoms with E-state index in [1.54, 1.807) is 23.5 Å². The normalized spacial score (nSPS) is 25.5. The van der Waals surface area contributed by atoms with Crippen LogP contribution >= 0.6 is 0 Å². The highest BCUT2D eigenvalue weighted by molar-refractivity contribution is 5.90. The van der Waals surface area contributed by atoms with E-state index < -0.39 is 0 Å². The molecule has 1 N–H and O–H groups in total. The maximum atomic E-state index is 12.4. The molecule has 3 heterocycles. The SMILES string of the molecule is O=C1CC[C@@H](C(=O)N2CCC[C@H](Oc3cnccn3)C2)N1. The molecule has 0 spiro atoms. The van der Waals surface area contributed by atoms with Crippen molar-refractivity contribution in [2.45, 2.75) is 37.8 Å². The highest BCUT2D eigenvalue weighted by Gasteiger charge is 2.33. The van der Waals surface area contributed by atoms with Gasteiger partial charge in [-0.15, -0.1) is 0 Å². The van der Waals surface area contributed by atoms with Gasteiger partial charge in [-0.3, -0.25) is 14.6 Å². The topological polar surface area (TPSA) is 84.4 Å². The van der Waals surface area contributed by atoms with Crippen LogP contribution in [-0.4, -0.2) is 51.9 Å². The second kappa shape index (κ2) is 6.07. The summed E-state index contributed by atoms with van der Waals surface area (Å²) >= 11 is 0. The number of carbonyl (C=O) groups is 2. The van der Waals surface area contributed by atoms with Crippen molar-refractivity contribution in [3.05, 3.63) is 18.6 Å². The van der Waals surface area contributed by atoms with E-state index in [0.717, 1.165) is 12.8 Å². The molecule has 0 unspecified atom stereocenters. The van der Waals surface area contributed by atoms with Gasteiger partial charge in [-0.1, -0.05) is 0 Å². The average molecular weight is 290 g/mol. The Morgan fingerprint density at radius 1 is 1.38 bits per heavy atom. The lowest BCUT2D eigenvalue weighted by molar-refractivity contribution is -0.136. The van der Waals surface area contributed by atoms with Gasteiger partial charge in [-0.05, 0) is 19.3 Å². The van der Waals surface area contributed by atoms with Gasteiger partial charge in [0, 0.05) is 25.4 Å². The number of hydrogen-bond acceptors (Lipinski definition) is 5. The molecule has 2 saturated heterocycles. The van der Waals surface area contributed by atoms with Crippen LogP contribution in [0.4, 0.5) is 0 Å². The lowest BCUT2D eigenvalue weighted by Gasteiger charge is -2.33. The Kier molecular flexibility index (Phi) is 3.98. The zero-order valence-corrected chi connectivity index (χ0v) is 11.7. The second-order valence-electron chi connectivity index (χ2n) is 5.37. The third-order valence-electron chi connectivity index (χ3n) is 3.81. The fourth-order valence-electron chi connectivity index (χ4n) is 2.77. The van der Waals surface area contributed by atoms with Crippen LogP contribution in [0, 0.1) is 0 Å². The number of carbonyl (C=O) groups excluding carboxylic acids is 2. The molecule has 0 radical (unpaired) electrons. The first-order valence-electron chi connectivity index (χ1n) is 7.23. The van der Waals surface area contributed by atoms with Gasteiger partial charge in [0.15, 0.2) is 0 Å². The number of rotatable bonds is 3. The Hall–Kier alpha value is -2.18. The van der Waals surface area contributed by atoms with Crippen LogP contribution in [0.2, 0.25) is 0 Å². The molecule has 21 heavy (non-hydrogen) atoms. The molecule has 1 aromatic rings. The van der Waals surface area contributed by atoms with Gasteiger partial charge in [-0.25, -0.2) is 4.98 Å². The van der Waals surface area contributed by atoms with E-state index in [4.69, 9.17) is 4.74 Å². The van der Waals surface area contributed by atoms with Crippen molar-refractivity contribution in [1.82, 2.24) is 20.2 Å². The van der Waals surface area contributed by atoms with Gasteiger partial charge in [-0.2, -0.15) is 0 Å². The van der Waals surface area contributed by atoms with Crippen LogP contribution < -0.4 is 10.1 Å². The summed E-state index contributed by atoms with van der Waals surface area (Å²) in [6, 6.07) is -0.368. The van der Waals surface area contributed by atoms with Gasteiger partial charge in [0.1, 0.15) is 12.1 Å². The van der Waals surface area contributed by atoms with Crippen LogP contribution in [0.1, 0.15) is 25.7 Å². The number of nitrogens with one attached hydrogen (secondary N) is 1. The van der Waals surface area contributed by atoms with E-state index in [1.165, 1.54) is 0 Å². The molecule has 0 saturated carbocycles. The monoisotopic (exact) mass is 290 g/mol. The quantitative estimate of drug-likeness (QED) is 0.855. The second-order valence-corrected chi connectivity index (χ2v) is 5.37. The third kappa shape index (κ3) is 3.29. The largest absolute Gasteiger partial charge is 0.471 e. The minimum absolute atomic E-state index is 0.00621. The number of likely N-dealkylation sites (tertiary alicyclic amines) is 1. The highest BCUT2D eigenvalue weighted by atomic mass is 16.5. The van der Waals surface area contributed by atoms with Crippen molar-refractivity contribution < 1.29 is 14.3 Å². The Labute approximate surface area is 122 Å². The fraction of sp³-hybridized carbons (Fsp3) is 0.571.